The summed E-state index contributed by atoms with van der Waals surface area (Å²) in [6.45, 7) is 0. The van der Waals surface area contributed by atoms with Gasteiger partial charge in [-0.2, -0.15) is 0 Å². The van der Waals surface area contributed by atoms with Crippen LogP contribution < -0.4 is 0 Å². The summed E-state index contributed by atoms with van der Waals surface area (Å²) in [7, 11) is 0. The van der Waals surface area contributed by atoms with Gasteiger partial charge in [-0.15, -0.1) is 0 Å². The van der Waals surface area contributed by atoms with E-state index >= 15 is 0 Å². The molecule has 150 valence electrons. The van der Waals surface area contributed by atoms with Crippen molar-refractivity contribution in [1.82, 2.24) is 0 Å². The maximum Gasteiger partial charge on any atom is 0.136 e. The van der Waals surface area contributed by atoms with Crippen LogP contribution in [0.3, 0.4) is 0 Å². The molecule has 32 heavy (non-hydrogen) atoms. The van der Waals surface area contributed by atoms with Gasteiger partial charge in [0.1, 0.15) is 11.2 Å². The molecule has 0 saturated heterocycles. The first-order valence-electron chi connectivity index (χ1n) is 14.1. The summed E-state index contributed by atoms with van der Waals surface area (Å²) in [6, 6.07) is 13.5. The van der Waals surface area contributed by atoms with Gasteiger partial charge in [0, 0.05) is 21.9 Å². The Bertz CT molecular complexity index is 2270. The van der Waals surface area contributed by atoms with Gasteiger partial charge in [-0.3, -0.25) is 0 Å². The standard InChI is InChI=1S/C30H17ClO/c31-19-13-15-26-29(17-19)32-28-11-5-10-20(30(26)28)18-12-14-25-23-8-2-1-6-21(23)22-7-3-4-9-24(22)27(25)16-18/h1-17H/i1D,2D,3D,4D,6D,7D,12D,16D. The highest BCUT2D eigenvalue weighted by atomic mass is 35.5. The van der Waals surface area contributed by atoms with Crippen molar-refractivity contribution >= 4 is 65.9 Å². The first-order chi connectivity index (χ1) is 19.1. The van der Waals surface area contributed by atoms with Crippen LogP contribution >= 0.6 is 11.6 Å². The molecule has 0 aliphatic heterocycles. The highest BCUT2D eigenvalue weighted by Gasteiger charge is 2.14. The minimum atomic E-state index is -0.328. The highest BCUT2D eigenvalue weighted by Crippen LogP contribution is 2.41. The molecule has 0 fully saturated rings. The molecule has 0 spiro atoms. The number of halogens is 1. The zero-order chi connectivity index (χ0) is 28.2. The van der Waals surface area contributed by atoms with E-state index in [9.17, 15) is 1.37 Å². The van der Waals surface area contributed by atoms with Crippen molar-refractivity contribution < 1.29 is 15.4 Å². The Morgan fingerprint density at radius 1 is 0.625 bits per heavy atom. The maximum absolute atomic E-state index is 9.42. The number of rotatable bonds is 1. The third kappa shape index (κ3) is 2.46. The van der Waals surface area contributed by atoms with Gasteiger partial charge in [-0.05, 0) is 67.7 Å². The van der Waals surface area contributed by atoms with E-state index in [4.69, 9.17) is 25.6 Å². The van der Waals surface area contributed by atoms with Gasteiger partial charge < -0.3 is 4.42 Å². The normalized spacial score (nSPS) is 15.4. The van der Waals surface area contributed by atoms with Crippen LogP contribution in [0.2, 0.25) is 5.02 Å². The van der Waals surface area contributed by atoms with Crippen LogP contribution in [0.5, 0.6) is 0 Å². The van der Waals surface area contributed by atoms with Crippen molar-refractivity contribution in [3.8, 4) is 11.1 Å². The van der Waals surface area contributed by atoms with E-state index in [2.05, 4.69) is 0 Å². The van der Waals surface area contributed by atoms with Crippen molar-refractivity contribution in [3.05, 3.63) is 108 Å². The SMILES string of the molecule is [2H]c1cc2c3cc([2H])c(-c4cccc5oc6cc(Cl)ccc6c45)c([2H])c3c3cc([2H])c([2H])c([2H])c3c2c([2H])c1[2H]. The lowest BCUT2D eigenvalue weighted by molar-refractivity contribution is 0.669. The molecular formula is C30H17ClO. The smallest absolute Gasteiger partial charge is 0.136 e. The Kier molecular flexibility index (Phi) is 2.41. The molecule has 7 aromatic rings. The number of hydrogen-bond donors (Lipinski definition) is 0. The molecule has 1 aromatic heterocycles. The van der Waals surface area contributed by atoms with Gasteiger partial charge in [0.15, 0.2) is 0 Å². The van der Waals surface area contributed by atoms with E-state index in [1.807, 2.05) is 18.2 Å². The maximum atomic E-state index is 9.42. The molecule has 0 bridgehead atoms. The van der Waals surface area contributed by atoms with Crippen LogP contribution in [0.1, 0.15) is 11.0 Å². The van der Waals surface area contributed by atoms with Gasteiger partial charge in [0.25, 0.3) is 0 Å². The quantitative estimate of drug-likeness (QED) is 0.233. The fourth-order valence-electron chi connectivity index (χ4n) is 4.52. The molecule has 7 rings (SSSR count). The predicted octanol–water partition coefficient (Wildman–Crippen LogP) is 9.37. The Morgan fingerprint density at radius 2 is 1.38 bits per heavy atom. The van der Waals surface area contributed by atoms with Crippen molar-refractivity contribution in [3.63, 3.8) is 0 Å². The largest absolute Gasteiger partial charge is 0.456 e. The number of fused-ring (bicyclic) bond motifs is 9. The predicted molar refractivity (Wildman–Crippen MR) is 137 cm³/mol. The number of furan rings is 1. The average molecular weight is 437 g/mol. The Hall–Kier alpha value is -3.81. The van der Waals surface area contributed by atoms with Gasteiger partial charge in [-0.25, -0.2) is 0 Å². The summed E-state index contributed by atoms with van der Waals surface area (Å²) in [5.74, 6) is 0. The third-order valence-electron chi connectivity index (χ3n) is 5.91. The molecule has 2 heteroatoms. The Morgan fingerprint density at radius 3 is 2.19 bits per heavy atom. The molecule has 0 saturated carbocycles. The molecule has 0 aliphatic rings. The molecule has 0 atom stereocenters. The van der Waals surface area contributed by atoms with E-state index in [0.29, 0.717) is 48.9 Å². The molecular weight excluding hydrogens is 412 g/mol. The van der Waals surface area contributed by atoms with E-state index in [0.717, 1.165) is 10.8 Å². The molecule has 0 radical (unpaired) electrons. The van der Waals surface area contributed by atoms with E-state index in [1.165, 1.54) is 12.1 Å². The fraction of sp³-hybridized carbons (Fsp3) is 0. The second-order valence-electron chi connectivity index (χ2n) is 7.65. The number of benzene rings is 6. The van der Waals surface area contributed by atoms with Gasteiger partial charge in [0.2, 0.25) is 0 Å². The molecule has 0 aliphatic carbocycles. The third-order valence-corrected chi connectivity index (χ3v) is 6.14. The van der Waals surface area contributed by atoms with Gasteiger partial charge >= 0.3 is 0 Å². The molecule has 6 aromatic carbocycles. The minimum Gasteiger partial charge on any atom is -0.456 e. The topological polar surface area (TPSA) is 13.1 Å². The second-order valence-corrected chi connectivity index (χ2v) is 8.09. The van der Waals surface area contributed by atoms with Crippen LogP contribution in [0.25, 0.3) is 65.4 Å². The summed E-state index contributed by atoms with van der Waals surface area (Å²) < 4.78 is 75.0. The van der Waals surface area contributed by atoms with Crippen LogP contribution in [-0.2, 0) is 0 Å². The van der Waals surface area contributed by atoms with E-state index in [1.54, 1.807) is 24.3 Å². The lowest BCUT2D eigenvalue weighted by Gasteiger charge is -2.12. The van der Waals surface area contributed by atoms with Crippen LogP contribution in [0.15, 0.2) is 107 Å². The highest BCUT2D eigenvalue weighted by molar-refractivity contribution is 6.31. The van der Waals surface area contributed by atoms with Crippen molar-refractivity contribution in [2.75, 3.05) is 0 Å². The first-order valence-corrected chi connectivity index (χ1v) is 10.4. The monoisotopic (exact) mass is 436 g/mol. The van der Waals surface area contributed by atoms with Crippen LogP contribution in [0, 0.1) is 0 Å². The lowest BCUT2D eigenvalue weighted by atomic mass is 9.91. The summed E-state index contributed by atoms with van der Waals surface area (Å²) in [5.41, 5.74) is 2.06. The van der Waals surface area contributed by atoms with Crippen molar-refractivity contribution in [1.29, 1.82) is 0 Å². The molecule has 0 amide bonds. The lowest BCUT2D eigenvalue weighted by Crippen LogP contribution is -1.85. The van der Waals surface area contributed by atoms with E-state index < -0.39 is 0 Å². The first kappa shape index (κ1) is 11.7. The minimum absolute atomic E-state index is 0.0187. The van der Waals surface area contributed by atoms with Crippen LogP contribution in [-0.4, -0.2) is 0 Å². The van der Waals surface area contributed by atoms with Gasteiger partial charge in [0.05, 0.1) is 11.0 Å². The molecule has 0 N–H and O–H groups in total. The van der Waals surface area contributed by atoms with Crippen LogP contribution in [0.4, 0.5) is 0 Å². The summed E-state index contributed by atoms with van der Waals surface area (Å²) in [4.78, 5) is 0. The Balaban J connectivity index is 1.73. The summed E-state index contributed by atoms with van der Waals surface area (Å²) in [5, 5.41) is 3.83. The zero-order valence-corrected chi connectivity index (χ0v) is 17.2. The van der Waals surface area contributed by atoms with Crippen molar-refractivity contribution in [2.24, 2.45) is 0 Å². The Labute approximate surface area is 200 Å². The number of hydrogen-bond acceptors (Lipinski definition) is 1. The second kappa shape index (κ2) is 6.59. The molecule has 1 heterocycles. The summed E-state index contributed by atoms with van der Waals surface area (Å²) >= 11 is 6.19. The zero-order valence-electron chi connectivity index (χ0n) is 24.5. The molecule has 1 nitrogen and oxygen atoms in total. The fourth-order valence-corrected chi connectivity index (χ4v) is 4.68. The molecule has 0 unspecified atom stereocenters. The average Bonchev–Trinajstić information content (AvgIpc) is 3.28. The van der Waals surface area contributed by atoms with E-state index in [-0.39, 0.29) is 59.1 Å². The summed E-state index contributed by atoms with van der Waals surface area (Å²) in [6.07, 6.45) is 0. The van der Waals surface area contributed by atoms with Crippen molar-refractivity contribution in [2.45, 2.75) is 0 Å². The van der Waals surface area contributed by atoms with Gasteiger partial charge in [-0.1, -0.05) is 84.2 Å².